The number of piperidine rings is 1. The van der Waals surface area contributed by atoms with Crippen molar-refractivity contribution in [3.8, 4) is 11.1 Å². The first kappa shape index (κ1) is 33.6. The predicted octanol–water partition coefficient (Wildman–Crippen LogP) is 4.69. The van der Waals surface area contributed by atoms with Gasteiger partial charge in [-0.05, 0) is 24.8 Å². The summed E-state index contributed by atoms with van der Waals surface area (Å²) < 4.78 is 16.3. The Morgan fingerprint density at radius 1 is 0.957 bits per heavy atom. The molecule has 250 valence electrons. The molecule has 1 aromatic carbocycles. The molecule has 1 saturated carbocycles. The summed E-state index contributed by atoms with van der Waals surface area (Å²) in [6.45, 7) is 6.95. The minimum atomic E-state index is -1.37. The molecule has 0 spiro atoms. The maximum atomic E-state index is 15.0. The number of benzene rings is 1. The molecule has 2 saturated heterocycles. The number of carboxylic acid groups (broad SMARTS) is 1. The number of rotatable bonds is 7. The van der Waals surface area contributed by atoms with E-state index >= 15 is 0 Å². The van der Waals surface area contributed by atoms with Crippen LogP contribution in [-0.2, 0) is 11.3 Å². The molecule has 11 heteroatoms. The van der Waals surface area contributed by atoms with Gasteiger partial charge in [0, 0.05) is 74.0 Å². The molecule has 0 bridgehead atoms. The number of piperazine rings is 1. The number of aromatic nitrogens is 1. The predicted molar refractivity (Wildman–Crippen MR) is 172 cm³/mol. The smallest absolute Gasteiger partial charge is 0.407 e. The first-order valence-electron chi connectivity index (χ1n) is 16.6. The number of aliphatic hydroxyl groups is 1. The Bertz CT molecular complexity index is 1510. The Labute approximate surface area is 269 Å². The lowest BCUT2D eigenvalue weighted by atomic mass is 9.69. The summed E-state index contributed by atoms with van der Waals surface area (Å²) >= 11 is 0. The molecule has 5 rings (SSSR count). The molecular weight excluding hydrogens is 591 g/mol. The highest BCUT2D eigenvalue weighted by Gasteiger charge is 2.49. The summed E-state index contributed by atoms with van der Waals surface area (Å²) in [7, 11) is 0. The highest BCUT2D eigenvalue weighted by molar-refractivity contribution is 6.00. The molecule has 1 aromatic heterocycles. The van der Waals surface area contributed by atoms with E-state index in [-0.39, 0.29) is 67.7 Å². The summed E-state index contributed by atoms with van der Waals surface area (Å²) in [5.41, 5.74) is -2.29. The fourth-order valence-corrected chi connectivity index (χ4v) is 7.50. The van der Waals surface area contributed by atoms with Crippen LogP contribution < -0.4 is 5.56 Å². The largest absolute Gasteiger partial charge is 0.465 e. The van der Waals surface area contributed by atoms with Gasteiger partial charge in [0.05, 0.1) is 17.7 Å². The molecule has 2 atom stereocenters. The van der Waals surface area contributed by atoms with Crippen molar-refractivity contribution in [1.29, 1.82) is 0 Å². The molecule has 2 N–H and O–H groups in total. The average molecular weight is 639 g/mol. The number of carbonyl (C=O) groups excluding carboxylic acids is 2. The molecule has 10 nitrogen and oxygen atoms in total. The molecule has 46 heavy (non-hydrogen) atoms. The van der Waals surface area contributed by atoms with Gasteiger partial charge in [0.1, 0.15) is 5.82 Å². The van der Waals surface area contributed by atoms with Crippen molar-refractivity contribution in [1.82, 2.24) is 19.3 Å². The van der Waals surface area contributed by atoms with E-state index in [1.54, 1.807) is 6.07 Å². The number of hydrogen-bond donors (Lipinski definition) is 2. The van der Waals surface area contributed by atoms with Crippen molar-refractivity contribution >= 4 is 17.9 Å². The summed E-state index contributed by atoms with van der Waals surface area (Å²) in [5.74, 6) is -0.443. The lowest BCUT2D eigenvalue weighted by Crippen LogP contribution is -2.61. The Kier molecular flexibility index (Phi) is 9.91. The van der Waals surface area contributed by atoms with Crippen molar-refractivity contribution in [2.45, 2.75) is 77.9 Å². The quantitative estimate of drug-likeness (QED) is 0.454. The average Bonchev–Trinajstić information content (AvgIpc) is 3.03. The first-order chi connectivity index (χ1) is 21.8. The standard InChI is InChI=1S/C35H47FN4O6/c1-24(19-25-9-5-4-6-10-25)31(42)39-14-13-35(46,34(2,3)22-39)23-40-21-28(32(43)37-15-17-38(18-16-37)33(44)45)27(20-30(40)41)26-11-7-8-12-29(26)36/h7-8,11-12,20-21,24-25,46H,4-6,9-10,13-19,22-23H2,1-3H3,(H,44,45). The van der Waals surface area contributed by atoms with E-state index in [4.69, 9.17) is 0 Å². The van der Waals surface area contributed by atoms with Gasteiger partial charge in [-0.2, -0.15) is 0 Å². The lowest BCUT2D eigenvalue weighted by molar-refractivity contribution is -0.157. The van der Waals surface area contributed by atoms with E-state index in [2.05, 4.69) is 0 Å². The van der Waals surface area contributed by atoms with Crippen LogP contribution in [0.4, 0.5) is 9.18 Å². The maximum absolute atomic E-state index is 15.0. The van der Waals surface area contributed by atoms with Gasteiger partial charge in [-0.25, -0.2) is 9.18 Å². The number of carbonyl (C=O) groups is 3. The van der Waals surface area contributed by atoms with Crippen LogP contribution in [-0.4, -0.2) is 92.3 Å². The zero-order chi connectivity index (χ0) is 33.2. The molecule has 3 fully saturated rings. The second-order valence-corrected chi connectivity index (χ2v) is 14.2. The van der Waals surface area contributed by atoms with E-state index in [1.807, 2.05) is 25.7 Å². The molecule has 3 aliphatic rings. The normalized spacial score (nSPS) is 22.8. The lowest BCUT2D eigenvalue weighted by Gasteiger charge is -2.51. The van der Waals surface area contributed by atoms with Crippen LogP contribution in [0.15, 0.2) is 41.3 Å². The fourth-order valence-electron chi connectivity index (χ4n) is 7.50. The third-order valence-electron chi connectivity index (χ3n) is 10.6. The van der Waals surface area contributed by atoms with Crippen LogP contribution >= 0.6 is 0 Å². The van der Waals surface area contributed by atoms with Gasteiger partial charge in [-0.1, -0.05) is 71.1 Å². The van der Waals surface area contributed by atoms with Crippen LogP contribution in [0.3, 0.4) is 0 Å². The van der Waals surface area contributed by atoms with Crippen molar-refractivity contribution in [2.75, 3.05) is 39.3 Å². The minimum Gasteiger partial charge on any atom is -0.465 e. The van der Waals surface area contributed by atoms with Crippen molar-refractivity contribution in [3.05, 3.63) is 58.3 Å². The van der Waals surface area contributed by atoms with Crippen molar-refractivity contribution < 1.29 is 29.0 Å². The van der Waals surface area contributed by atoms with Crippen LogP contribution in [0, 0.1) is 23.1 Å². The topological polar surface area (TPSA) is 123 Å². The Morgan fingerprint density at radius 2 is 1.61 bits per heavy atom. The number of likely N-dealkylation sites (tertiary alicyclic amines) is 1. The van der Waals surface area contributed by atoms with E-state index in [1.165, 1.54) is 76.9 Å². The van der Waals surface area contributed by atoms with Gasteiger partial charge in [-0.3, -0.25) is 14.4 Å². The van der Waals surface area contributed by atoms with Gasteiger partial charge >= 0.3 is 6.09 Å². The Morgan fingerprint density at radius 3 is 2.24 bits per heavy atom. The number of pyridine rings is 1. The second-order valence-electron chi connectivity index (χ2n) is 14.2. The molecule has 1 aliphatic carbocycles. The summed E-state index contributed by atoms with van der Waals surface area (Å²) in [6.07, 6.45) is 7.55. The monoisotopic (exact) mass is 638 g/mol. The van der Waals surface area contributed by atoms with Gasteiger partial charge in [0.15, 0.2) is 0 Å². The van der Waals surface area contributed by atoms with Crippen molar-refractivity contribution in [2.24, 2.45) is 17.3 Å². The zero-order valence-corrected chi connectivity index (χ0v) is 27.2. The van der Waals surface area contributed by atoms with Gasteiger partial charge in [-0.15, -0.1) is 0 Å². The zero-order valence-electron chi connectivity index (χ0n) is 27.2. The number of nitrogens with zero attached hydrogens (tertiary/aromatic N) is 4. The second kappa shape index (κ2) is 13.6. The molecule has 2 aliphatic heterocycles. The van der Waals surface area contributed by atoms with Gasteiger partial charge in [0.2, 0.25) is 5.91 Å². The summed E-state index contributed by atoms with van der Waals surface area (Å²) in [6, 6.07) is 7.16. The van der Waals surface area contributed by atoms with Crippen LogP contribution in [0.2, 0.25) is 0 Å². The molecule has 2 unspecified atom stereocenters. The SMILES string of the molecule is CC(CC1CCCCC1)C(=O)N1CCC(O)(Cn2cc(C(=O)N3CCN(C(=O)O)CC3)c(-c3ccccc3F)cc2=O)C(C)(C)C1. The summed E-state index contributed by atoms with van der Waals surface area (Å²) in [4.78, 5) is 56.9. The highest BCUT2D eigenvalue weighted by Crippen LogP contribution is 2.41. The molecule has 0 radical (unpaired) electrons. The Hall–Kier alpha value is -3.73. The van der Waals surface area contributed by atoms with E-state index in [9.17, 15) is 33.8 Å². The van der Waals surface area contributed by atoms with E-state index in [0.717, 1.165) is 6.42 Å². The Balaban J connectivity index is 1.38. The molecule has 3 amide bonds. The van der Waals surface area contributed by atoms with Crippen LogP contribution in [0.1, 0.15) is 76.1 Å². The first-order valence-corrected chi connectivity index (χ1v) is 16.6. The van der Waals surface area contributed by atoms with Crippen LogP contribution in [0.5, 0.6) is 0 Å². The number of hydrogen-bond acceptors (Lipinski definition) is 5. The molecule has 3 heterocycles. The highest BCUT2D eigenvalue weighted by atomic mass is 19.1. The van der Waals surface area contributed by atoms with Crippen LogP contribution in [0.25, 0.3) is 11.1 Å². The third kappa shape index (κ3) is 6.99. The van der Waals surface area contributed by atoms with E-state index < -0.39 is 34.4 Å². The maximum Gasteiger partial charge on any atom is 0.407 e. The molecule has 2 aromatic rings. The van der Waals surface area contributed by atoms with Crippen molar-refractivity contribution in [3.63, 3.8) is 0 Å². The summed E-state index contributed by atoms with van der Waals surface area (Å²) in [5, 5.41) is 21.4. The van der Waals surface area contributed by atoms with Gasteiger partial charge < -0.3 is 29.5 Å². The molecular formula is C35H47FN4O6. The fraction of sp³-hybridized carbons (Fsp3) is 0.600. The minimum absolute atomic E-state index is 0.0930. The third-order valence-corrected chi connectivity index (χ3v) is 10.6. The van der Waals surface area contributed by atoms with E-state index in [0.29, 0.717) is 19.0 Å². The number of amides is 3. The van der Waals surface area contributed by atoms with Gasteiger partial charge in [0.25, 0.3) is 11.5 Å². The number of halogens is 1.